The molecule has 0 aromatic rings. The highest BCUT2D eigenvalue weighted by Gasteiger charge is 2.49. The van der Waals surface area contributed by atoms with Gasteiger partial charge in [-0.15, -0.1) is 0 Å². The standard InChI is InChI=1S/C9H16N2O/c1-8(12)11-6-5-10(2)9(7-11)3-4-9/h3-7H2,1-2H3. The maximum Gasteiger partial charge on any atom is 0.219 e. The minimum atomic E-state index is 0.231. The predicted octanol–water partition coefficient (Wildman–Crippen LogP) is 0.313. The van der Waals surface area contributed by atoms with Crippen LogP contribution in [0, 0.1) is 0 Å². The molecule has 1 aliphatic heterocycles. The largest absolute Gasteiger partial charge is 0.340 e. The zero-order chi connectivity index (χ0) is 8.77. The van der Waals surface area contributed by atoms with E-state index in [0.29, 0.717) is 5.54 Å². The van der Waals surface area contributed by atoms with Gasteiger partial charge in [0.1, 0.15) is 0 Å². The van der Waals surface area contributed by atoms with Crippen molar-refractivity contribution in [2.24, 2.45) is 0 Å². The molecular weight excluding hydrogens is 152 g/mol. The van der Waals surface area contributed by atoms with E-state index in [9.17, 15) is 4.79 Å². The highest BCUT2D eigenvalue weighted by Crippen LogP contribution is 2.43. The highest BCUT2D eigenvalue weighted by molar-refractivity contribution is 5.73. The van der Waals surface area contributed by atoms with E-state index in [-0.39, 0.29) is 5.91 Å². The van der Waals surface area contributed by atoms with Crippen LogP contribution in [0.3, 0.4) is 0 Å². The van der Waals surface area contributed by atoms with Gasteiger partial charge in [-0.1, -0.05) is 0 Å². The smallest absolute Gasteiger partial charge is 0.219 e. The topological polar surface area (TPSA) is 23.6 Å². The van der Waals surface area contributed by atoms with E-state index in [0.717, 1.165) is 19.6 Å². The van der Waals surface area contributed by atoms with Gasteiger partial charge < -0.3 is 4.90 Å². The van der Waals surface area contributed by atoms with Gasteiger partial charge in [0.05, 0.1) is 0 Å². The van der Waals surface area contributed by atoms with E-state index in [4.69, 9.17) is 0 Å². The van der Waals surface area contributed by atoms with Gasteiger partial charge in [0.15, 0.2) is 0 Å². The van der Waals surface area contributed by atoms with E-state index < -0.39 is 0 Å². The van der Waals surface area contributed by atoms with Gasteiger partial charge in [-0.3, -0.25) is 9.69 Å². The van der Waals surface area contributed by atoms with Gasteiger partial charge in [-0.05, 0) is 19.9 Å². The Bertz CT molecular complexity index is 211. The van der Waals surface area contributed by atoms with Crippen LogP contribution < -0.4 is 0 Å². The van der Waals surface area contributed by atoms with Crippen molar-refractivity contribution in [3.05, 3.63) is 0 Å². The molecule has 0 aromatic heterocycles. The minimum Gasteiger partial charge on any atom is -0.340 e. The Kier molecular flexibility index (Phi) is 1.65. The van der Waals surface area contributed by atoms with Gasteiger partial charge in [0.2, 0.25) is 5.91 Å². The summed E-state index contributed by atoms with van der Waals surface area (Å²) < 4.78 is 0. The van der Waals surface area contributed by atoms with Gasteiger partial charge in [0.25, 0.3) is 0 Å². The zero-order valence-corrected chi connectivity index (χ0v) is 7.84. The van der Waals surface area contributed by atoms with Crippen molar-refractivity contribution in [3.8, 4) is 0 Å². The van der Waals surface area contributed by atoms with Crippen molar-refractivity contribution >= 4 is 5.91 Å². The van der Waals surface area contributed by atoms with Crippen LogP contribution in [0.4, 0.5) is 0 Å². The Morgan fingerprint density at radius 2 is 2.00 bits per heavy atom. The monoisotopic (exact) mass is 168 g/mol. The molecule has 0 N–H and O–H groups in total. The lowest BCUT2D eigenvalue weighted by Gasteiger charge is -2.39. The summed E-state index contributed by atoms with van der Waals surface area (Å²) in [5.74, 6) is 0.231. The molecular formula is C9H16N2O. The summed E-state index contributed by atoms with van der Waals surface area (Å²) >= 11 is 0. The third-order valence-corrected chi connectivity index (χ3v) is 3.27. The van der Waals surface area contributed by atoms with Crippen molar-refractivity contribution in [2.45, 2.75) is 25.3 Å². The lowest BCUT2D eigenvalue weighted by molar-refractivity contribution is -0.132. The number of carbonyl (C=O) groups excluding carboxylic acids is 1. The molecule has 1 saturated heterocycles. The number of nitrogens with zero attached hydrogens (tertiary/aromatic N) is 2. The number of carbonyl (C=O) groups is 1. The molecule has 2 fully saturated rings. The molecule has 0 unspecified atom stereocenters. The van der Waals surface area contributed by atoms with Crippen LogP contribution in [-0.4, -0.2) is 47.9 Å². The molecule has 68 valence electrons. The number of amides is 1. The van der Waals surface area contributed by atoms with Crippen LogP contribution in [0.2, 0.25) is 0 Å². The first-order chi connectivity index (χ1) is 5.64. The molecule has 1 saturated carbocycles. The Morgan fingerprint density at radius 3 is 2.50 bits per heavy atom. The quantitative estimate of drug-likeness (QED) is 0.520. The van der Waals surface area contributed by atoms with Crippen LogP contribution in [0.5, 0.6) is 0 Å². The summed E-state index contributed by atoms with van der Waals surface area (Å²) in [4.78, 5) is 15.5. The number of rotatable bonds is 0. The first-order valence-corrected chi connectivity index (χ1v) is 4.61. The summed E-state index contributed by atoms with van der Waals surface area (Å²) in [6.45, 7) is 4.58. The Labute approximate surface area is 73.3 Å². The van der Waals surface area contributed by atoms with Crippen molar-refractivity contribution in [2.75, 3.05) is 26.7 Å². The maximum absolute atomic E-state index is 11.1. The van der Waals surface area contributed by atoms with Gasteiger partial charge in [0, 0.05) is 32.1 Å². The fourth-order valence-electron chi connectivity index (χ4n) is 2.02. The molecule has 1 spiro atoms. The molecule has 1 heterocycles. The van der Waals surface area contributed by atoms with Crippen LogP contribution in [0.15, 0.2) is 0 Å². The molecule has 0 aromatic carbocycles. The molecule has 0 radical (unpaired) electrons. The van der Waals surface area contributed by atoms with Crippen molar-refractivity contribution < 1.29 is 4.79 Å². The number of hydrogen-bond acceptors (Lipinski definition) is 2. The van der Waals surface area contributed by atoms with Crippen LogP contribution in [-0.2, 0) is 4.79 Å². The SMILES string of the molecule is CC(=O)N1CCN(C)C2(CC2)C1. The average Bonchev–Trinajstić information content (AvgIpc) is 2.76. The molecule has 0 atom stereocenters. The van der Waals surface area contributed by atoms with Crippen LogP contribution >= 0.6 is 0 Å². The lowest BCUT2D eigenvalue weighted by atomic mass is 10.1. The fraction of sp³-hybridized carbons (Fsp3) is 0.889. The summed E-state index contributed by atoms with van der Waals surface area (Å²) in [6.07, 6.45) is 2.54. The van der Waals surface area contributed by atoms with Crippen LogP contribution in [0.1, 0.15) is 19.8 Å². The third-order valence-electron chi connectivity index (χ3n) is 3.27. The van der Waals surface area contributed by atoms with Gasteiger partial charge >= 0.3 is 0 Å². The second-order valence-electron chi connectivity index (χ2n) is 4.09. The molecule has 0 bridgehead atoms. The van der Waals surface area contributed by atoms with Gasteiger partial charge in [-0.25, -0.2) is 0 Å². The average molecular weight is 168 g/mol. The molecule has 1 aliphatic carbocycles. The Hall–Kier alpha value is -0.570. The predicted molar refractivity (Wildman–Crippen MR) is 46.8 cm³/mol. The lowest BCUT2D eigenvalue weighted by Crippen LogP contribution is -2.54. The van der Waals surface area contributed by atoms with E-state index in [1.54, 1.807) is 6.92 Å². The number of likely N-dealkylation sites (N-methyl/N-ethyl adjacent to an activating group) is 1. The molecule has 3 heteroatoms. The fourth-order valence-corrected chi connectivity index (χ4v) is 2.02. The molecule has 2 rings (SSSR count). The maximum atomic E-state index is 11.1. The zero-order valence-electron chi connectivity index (χ0n) is 7.84. The Balaban J connectivity index is 2.03. The number of hydrogen-bond donors (Lipinski definition) is 0. The summed E-state index contributed by atoms with van der Waals surface area (Å²) in [5, 5.41) is 0. The minimum absolute atomic E-state index is 0.231. The first-order valence-electron chi connectivity index (χ1n) is 4.61. The second kappa shape index (κ2) is 2.46. The van der Waals surface area contributed by atoms with E-state index in [2.05, 4.69) is 11.9 Å². The Morgan fingerprint density at radius 1 is 1.33 bits per heavy atom. The highest BCUT2D eigenvalue weighted by atomic mass is 16.2. The number of piperazine rings is 1. The van der Waals surface area contributed by atoms with Gasteiger partial charge in [-0.2, -0.15) is 0 Å². The summed E-state index contributed by atoms with van der Waals surface area (Å²) in [5.41, 5.74) is 0.379. The first kappa shape index (κ1) is 8.05. The van der Waals surface area contributed by atoms with E-state index in [1.807, 2.05) is 4.90 Å². The second-order valence-corrected chi connectivity index (χ2v) is 4.09. The molecule has 2 aliphatic rings. The van der Waals surface area contributed by atoms with Crippen molar-refractivity contribution in [1.82, 2.24) is 9.80 Å². The third kappa shape index (κ3) is 1.12. The molecule has 1 amide bonds. The van der Waals surface area contributed by atoms with Crippen molar-refractivity contribution in [1.29, 1.82) is 0 Å². The van der Waals surface area contributed by atoms with Crippen molar-refractivity contribution in [3.63, 3.8) is 0 Å². The molecule has 3 nitrogen and oxygen atoms in total. The summed E-state index contributed by atoms with van der Waals surface area (Å²) in [6, 6.07) is 0. The normalized spacial score (nSPS) is 27.7. The van der Waals surface area contributed by atoms with E-state index in [1.165, 1.54) is 12.8 Å². The van der Waals surface area contributed by atoms with E-state index >= 15 is 0 Å². The summed E-state index contributed by atoms with van der Waals surface area (Å²) in [7, 11) is 2.17. The molecule has 12 heavy (non-hydrogen) atoms. The van der Waals surface area contributed by atoms with Crippen LogP contribution in [0.25, 0.3) is 0 Å².